The van der Waals surface area contributed by atoms with Crippen LogP contribution in [0.2, 0.25) is 15.1 Å². The molecule has 0 spiro atoms. The van der Waals surface area contributed by atoms with Gasteiger partial charge in [0.2, 0.25) is 10.0 Å². The molecule has 0 aliphatic carbocycles. The second-order valence-electron chi connectivity index (χ2n) is 4.43. The summed E-state index contributed by atoms with van der Waals surface area (Å²) in [6.45, 7) is 0.129. The molecule has 112 valence electrons. The summed E-state index contributed by atoms with van der Waals surface area (Å²) < 4.78 is 26.2. The molecule has 0 radical (unpaired) electrons. The fourth-order valence-corrected chi connectivity index (χ4v) is 3.90. The molecule has 0 unspecified atom stereocenters. The van der Waals surface area contributed by atoms with Gasteiger partial charge in [0.1, 0.15) is 4.90 Å². The summed E-state index contributed by atoms with van der Waals surface area (Å²) in [7, 11) is -2.21. The van der Waals surface area contributed by atoms with Crippen LogP contribution in [-0.2, 0) is 16.6 Å². The van der Waals surface area contributed by atoms with Crippen LogP contribution in [0.25, 0.3) is 0 Å². The van der Waals surface area contributed by atoms with E-state index in [9.17, 15) is 8.42 Å². The standard InChI is InChI=1S/C14H12Cl3NO2S/c1-18(9-10-6-7-11(15)8-13(10)17)21(19,20)14-5-3-2-4-12(14)16/h2-8H,9H2,1H3. The molecule has 0 aliphatic heterocycles. The largest absolute Gasteiger partial charge is 0.244 e. The number of hydrogen-bond donors (Lipinski definition) is 0. The fraction of sp³-hybridized carbons (Fsp3) is 0.143. The van der Waals surface area contributed by atoms with Crippen LogP contribution in [0, 0.1) is 0 Å². The van der Waals surface area contributed by atoms with E-state index in [1.54, 1.807) is 30.3 Å². The lowest BCUT2D eigenvalue weighted by Crippen LogP contribution is -2.26. The summed E-state index contributed by atoms with van der Waals surface area (Å²) in [5.74, 6) is 0. The van der Waals surface area contributed by atoms with Crippen molar-refractivity contribution in [2.75, 3.05) is 7.05 Å². The lowest BCUT2D eigenvalue weighted by atomic mass is 10.2. The van der Waals surface area contributed by atoms with Crippen molar-refractivity contribution in [3.8, 4) is 0 Å². The summed E-state index contributed by atoms with van der Waals surface area (Å²) >= 11 is 17.9. The molecule has 0 heterocycles. The van der Waals surface area contributed by atoms with Crippen molar-refractivity contribution in [2.24, 2.45) is 0 Å². The highest BCUT2D eigenvalue weighted by Gasteiger charge is 2.23. The Morgan fingerprint density at radius 2 is 1.67 bits per heavy atom. The van der Waals surface area contributed by atoms with Crippen molar-refractivity contribution in [1.82, 2.24) is 4.31 Å². The van der Waals surface area contributed by atoms with Crippen LogP contribution >= 0.6 is 34.8 Å². The third kappa shape index (κ3) is 3.71. The van der Waals surface area contributed by atoms with Gasteiger partial charge in [-0.1, -0.05) is 53.0 Å². The highest BCUT2D eigenvalue weighted by atomic mass is 35.5. The molecule has 21 heavy (non-hydrogen) atoms. The Hall–Kier alpha value is -0.780. The van der Waals surface area contributed by atoms with Crippen molar-refractivity contribution < 1.29 is 8.42 Å². The van der Waals surface area contributed by atoms with E-state index in [-0.39, 0.29) is 16.5 Å². The monoisotopic (exact) mass is 363 g/mol. The van der Waals surface area contributed by atoms with Gasteiger partial charge in [-0.2, -0.15) is 4.31 Å². The van der Waals surface area contributed by atoms with E-state index in [1.807, 2.05) is 0 Å². The van der Waals surface area contributed by atoms with E-state index >= 15 is 0 Å². The minimum Gasteiger partial charge on any atom is -0.207 e. The molecule has 2 rings (SSSR count). The molecule has 2 aromatic carbocycles. The first-order chi connectivity index (χ1) is 9.82. The van der Waals surface area contributed by atoms with Crippen molar-refractivity contribution in [1.29, 1.82) is 0 Å². The Kier molecular flexibility index (Phi) is 5.17. The van der Waals surface area contributed by atoms with Crippen molar-refractivity contribution in [3.05, 3.63) is 63.1 Å². The lowest BCUT2D eigenvalue weighted by molar-refractivity contribution is 0.467. The third-order valence-electron chi connectivity index (χ3n) is 2.93. The molecule has 3 nitrogen and oxygen atoms in total. The van der Waals surface area contributed by atoms with Crippen molar-refractivity contribution >= 4 is 44.8 Å². The highest BCUT2D eigenvalue weighted by Crippen LogP contribution is 2.27. The van der Waals surface area contributed by atoms with E-state index in [2.05, 4.69) is 0 Å². The Morgan fingerprint density at radius 3 is 2.29 bits per heavy atom. The molecule has 0 N–H and O–H groups in total. The number of sulfonamides is 1. The number of nitrogens with zero attached hydrogens (tertiary/aromatic N) is 1. The predicted octanol–water partition coefficient (Wildman–Crippen LogP) is 4.47. The van der Waals surface area contributed by atoms with Crippen molar-refractivity contribution in [3.63, 3.8) is 0 Å². The average molecular weight is 365 g/mol. The molecule has 0 aromatic heterocycles. The van der Waals surface area contributed by atoms with Gasteiger partial charge in [-0.05, 0) is 29.8 Å². The number of rotatable bonds is 4. The smallest absolute Gasteiger partial charge is 0.207 e. The molecule has 0 bridgehead atoms. The van der Waals surface area contributed by atoms with E-state index in [0.717, 1.165) is 0 Å². The molecule has 0 amide bonds. The quantitative estimate of drug-likeness (QED) is 0.803. The molecule has 0 atom stereocenters. The first-order valence-corrected chi connectivity index (χ1v) is 8.54. The molecular weight excluding hydrogens is 353 g/mol. The zero-order valence-electron chi connectivity index (χ0n) is 11.1. The third-order valence-corrected chi connectivity index (χ3v) is 5.82. The van der Waals surface area contributed by atoms with Crippen LogP contribution in [0.5, 0.6) is 0 Å². The SMILES string of the molecule is CN(Cc1ccc(Cl)cc1Cl)S(=O)(=O)c1ccccc1Cl. The summed E-state index contributed by atoms with van der Waals surface area (Å²) in [6, 6.07) is 11.3. The summed E-state index contributed by atoms with van der Waals surface area (Å²) in [5.41, 5.74) is 0.666. The summed E-state index contributed by atoms with van der Waals surface area (Å²) in [4.78, 5) is 0.0688. The Morgan fingerprint density at radius 1 is 1.00 bits per heavy atom. The van der Waals surface area contributed by atoms with Gasteiger partial charge in [-0.3, -0.25) is 0 Å². The van der Waals surface area contributed by atoms with Gasteiger partial charge >= 0.3 is 0 Å². The zero-order chi connectivity index (χ0) is 15.6. The number of hydrogen-bond acceptors (Lipinski definition) is 2. The molecule has 0 fully saturated rings. The van der Waals surface area contributed by atoms with Crippen molar-refractivity contribution in [2.45, 2.75) is 11.4 Å². The van der Waals surface area contributed by atoms with Crippen LogP contribution in [0.15, 0.2) is 47.4 Å². The van der Waals surface area contributed by atoms with Gasteiger partial charge in [0.25, 0.3) is 0 Å². The molecule has 7 heteroatoms. The molecular formula is C14H12Cl3NO2S. The van der Waals surface area contributed by atoms with Gasteiger partial charge in [0.05, 0.1) is 5.02 Å². The van der Waals surface area contributed by atoms with Gasteiger partial charge in [-0.15, -0.1) is 0 Å². The zero-order valence-corrected chi connectivity index (χ0v) is 14.1. The van der Waals surface area contributed by atoms with Crippen LogP contribution in [0.3, 0.4) is 0 Å². The van der Waals surface area contributed by atoms with E-state index in [1.165, 1.54) is 23.5 Å². The Balaban J connectivity index is 2.31. The van der Waals surface area contributed by atoms with Crippen LogP contribution in [0.1, 0.15) is 5.56 Å². The Labute approximate surface area is 139 Å². The topological polar surface area (TPSA) is 37.4 Å². The minimum atomic E-state index is -3.68. The number of halogens is 3. The van der Waals surface area contributed by atoms with Gasteiger partial charge in [-0.25, -0.2) is 8.42 Å². The maximum absolute atomic E-state index is 12.5. The summed E-state index contributed by atoms with van der Waals surface area (Å²) in [6.07, 6.45) is 0. The predicted molar refractivity (Wildman–Crippen MR) is 86.6 cm³/mol. The number of benzene rings is 2. The maximum Gasteiger partial charge on any atom is 0.244 e. The van der Waals surface area contributed by atoms with Gasteiger partial charge in [0, 0.05) is 23.6 Å². The summed E-state index contributed by atoms with van der Waals surface area (Å²) in [5, 5.41) is 1.11. The average Bonchev–Trinajstić information content (AvgIpc) is 2.42. The molecule has 0 aliphatic rings. The lowest BCUT2D eigenvalue weighted by Gasteiger charge is -2.18. The Bertz CT molecular complexity index is 763. The van der Waals surface area contributed by atoms with Gasteiger partial charge < -0.3 is 0 Å². The van der Waals surface area contributed by atoms with Gasteiger partial charge in [0.15, 0.2) is 0 Å². The second-order valence-corrected chi connectivity index (χ2v) is 7.69. The molecule has 2 aromatic rings. The second kappa shape index (κ2) is 6.55. The van der Waals surface area contributed by atoms with E-state index in [0.29, 0.717) is 15.6 Å². The fourth-order valence-electron chi connectivity index (χ4n) is 1.80. The first kappa shape index (κ1) is 16.6. The maximum atomic E-state index is 12.5. The van der Waals surface area contributed by atoms with Crippen LogP contribution in [-0.4, -0.2) is 19.8 Å². The van der Waals surface area contributed by atoms with E-state index in [4.69, 9.17) is 34.8 Å². The molecule has 0 saturated carbocycles. The minimum absolute atomic E-state index is 0.0688. The first-order valence-electron chi connectivity index (χ1n) is 5.97. The normalized spacial score (nSPS) is 11.9. The molecule has 0 saturated heterocycles. The van der Waals surface area contributed by atoms with Crippen LogP contribution < -0.4 is 0 Å². The van der Waals surface area contributed by atoms with E-state index < -0.39 is 10.0 Å². The van der Waals surface area contributed by atoms with Crippen LogP contribution in [0.4, 0.5) is 0 Å². The highest BCUT2D eigenvalue weighted by molar-refractivity contribution is 7.89.